The van der Waals surface area contributed by atoms with E-state index in [-0.39, 0.29) is 11.5 Å². The van der Waals surface area contributed by atoms with Gasteiger partial charge in [-0.15, -0.1) is 0 Å². The van der Waals surface area contributed by atoms with Gasteiger partial charge in [-0.25, -0.2) is 0 Å². The summed E-state index contributed by atoms with van der Waals surface area (Å²) in [4.78, 5) is 0. The van der Waals surface area contributed by atoms with E-state index in [4.69, 9.17) is 0 Å². The topological polar surface area (TPSA) is 25.2 Å². The summed E-state index contributed by atoms with van der Waals surface area (Å²) in [6, 6.07) is 6.12. The number of hydrogen-bond donors (Lipinski definition) is 1. The molecule has 21 heavy (non-hydrogen) atoms. The van der Waals surface area contributed by atoms with Crippen LogP contribution in [0, 0.1) is 5.41 Å². The molecule has 0 bridgehead atoms. The van der Waals surface area contributed by atoms with E-state index in [0.29, 0.717) is 0 Å². The Labute approximate surface area is 149 Å². The Balaban J connectivity index is 2.19. The Morgan fingerprint density at radius 3 is 2.43 bits per heavy atom. The van der Waals surface area contributed by atoms with Crippen molar-refractivity contribution in [3.8, 4) is 5.69 Å². The first-order valence-corrected chi connectivity index (χ1v) is 9.19. The first-order chi connectivity index (χ1) is 9.78. The second kappa shape index (κ2) is 5.52. The van der Waals surface area contributed by atoms with Gasteiger partial charge in [-0.2, -0.15) is 0 Å². The summed E-state index contributed by atoms with van der Waals surface area (Å²) in [6.45, 7) is 4.42. The van der Waals surface area contributed by atoms with Crippen LogP contribution in [0.1, 0.15) is 37.6 Å². The Kier molecular flexibility index (Phi) is 4.15. The molecule has 1 aromatic heterocycles. The lowest BCUT2D eigenvalue weighted by Crippen LogP contribution is -2.26. The van der Waals surface area contributed by atoms with E-state index in [1.54, 1.807) is 0 Å². The minimum Gasteiger partial charge on any atom is -0.388 e. The third kappa shape index (κ3) is 2.90. The summed E-state index contributed by atoms with van der Waals surface area (Å²) in [5.41, 5.74) is 3.43. The normalized spacial score (nSPS) is 20.4. The Bertz CT molecular complexity index is 683. The fraction of sp³-hybridized carbons (Fsp3) is 0.375. The molecular weight excluding hydrogens is 462 g/mol. The Morgan fingerprint density at radius 1 is 1.19 bits per heavy atom. The second-order valence-electron chi connectivity index (χ2n) is 6.37. The van der Waals surface area contributed by atoms with Crippen LogP contribution in [-0.2, 0) is 6.42 Å². The second-order valence-corrected chi connectivity index (χ2v) is 8.99. The molecule has 1 aliphatic rings. The van der Waals surface area contributed by atoms with Crippen molar-refractivity contribution in [2.24, 2.45) is 5.41 Å². The van der Waals surface area contributed by atoms with Gasteiger partial charge in [0.15, 0.2) is 0 Å². The molecule has 5 heteroatoms. The highest BCUT2D eigenvalue weighted by atomic mass is 79.9. The summed E-state index contributed by atoms with van der Waals surface area (Å²) in [5, 5.41) is 10.4. The number of aliphatic hydroxyl groups is 1. The van der Waals surface area contributed by atoms with E-state index < -0.39 is 0 Å². The van der Waals surface area contributed by atoms with Gasteiger partial charge in [0.1, 0.15) is 0 Å². The molecule has 1 heterocycles. The van der Waals surface area contributed by atoms with Crippen molar-refractivity contribution >= 4 is 47.8 Å². The van der Waals surface area contributed by atoms with Gasteiger partial charge < -0.3 is 9.67 Å². The highest BCUT2D eigenvalue weighted by Gasteiger charge is 2.33. The largest absolute Gasteiger partial charge is 0.388 e. The highest BCUT2D eigenvalue weighted by molar-refractivity contribution is 9.11. The van der Waals surface area contributed by atoms with Gasteiger partial charge in [0, 0.05) is 30.9 Å². The number of hydrogen-bond acceptors (Lipinski definition) is 1. The van der Waals surface area contributed by atoms with E-state index in [9.17, 15) is 5.11 Å². The van der Waals surface area contributed by atoms with Crippen LogP contribution in [0.15, 0.2) is 37.8 Å². The molecule has 0 spiro atoms. The third-order valence-electron chi connectivity index (χ3n) is 4.00. The SMILES string of the molecule is CC1(C)Cc2c(ccn2-c2c(Br)cc(Br)cc2Br)C(O)C1. The maximum absolute atomic E-state index is 10.4. The molecule has 112 valence electrons. The van der Waals surface area contributed by atoms with Crippen LogP contribution in [0.2, 0.25) is 0 Å². The molecule has 1 atom stereocenters. The Morgan fingerprint density at radius 2 is 1.81 bits per heavy atom. The van der Waals surface area contributed by atoms with E-state index in [1.165, 1.54) is 5.69 Å². The van der Waals surface area contributed by atoms with Gasteiger partial charge in [0.2, 0.25) is 0 Å². The number of aliphatic hydroxyl groups excluding tert-OH is 1. The Hall–Kier alpha value is -0.100. The molecule has 2 aromatic rings. The molecule has 2 nitrogen and oxygen atoms in total. The number of fused-ring (bicyclic) bond motifs is 1. The van der Waals surface area contributed by atoms with E-state index in [2.05, 4.69) is 66.2 Å². The zero-order chi connectivity index (χ0) is 15.4. The number of rotatable bonds is 1. The average molecular weight is 478 g/mol. The summed E-state index contributed by atoms with van der Waals surface area (Å²) in [5.74, 6) is 0. The third-order valence-corrected chi connectivity index (χ3v) is 5.67. The fourth-order valence-electron chi connectivity index (χ4n) is 3.10. The molecule has 3 rings (SSSR count). The van der Waals surface area contributed by atoms with Crippen LogP contribution < -0.4 is 0 Å². The van der Waals surface area contributed by atoms with Gasteiger partial charge in [-0.1, -0.05) is 29.8 Å². The number of halogens is 3. The summed E-state index contributed by atoms with van der Waals surface area (Å²) in [6.07, 6.45) is 3.44. The number of nitrogens with zero attached hydrogens (tertiary/aromatic N) is 1. The maximum Gasteiger partial charge on any atom is 0.0812 e. The van der Waals surface area contributed by atoms with Crippen molar-refractivity contribution in [1.82, 2.24) is 4.57 Å². The van der Waals surface area contributed by atoms with Gasteiger partial charge in [0.05, 0.1) is 11.8 Å². The lowest BCUT2D eigenvalue weighted by molar-refractivity contribution is 0.0987. The molecule has 0 amide bonds. The van der Waals surface area contributed by atoms with Gasteiger partial charge in [0.25, 0.3) is 0 Å². The highest BCUT2D eigenvalue weighted by Crippen LogP contribution is 2.43. The van der Waals surface area contributed by atoms with Crippen LogP contribution >= 0.6 is 47.8 Å². The van der Waals surface area contributed by atoms with Crippen molar-refractivity contribution in [3.05, 3.63) is 49.1 Å². The summed E-state index contributed by atoms with van der Waals surface area (Å²) in [7, 11) is 0. The summed E-state index contributed by atoms with van der Waals surface area (Å²) >= 11 is 10.8. The predicted octanol–water partition coefficient (Wildman–Crippen LogP) is 5.77. The summed E-state index contributed by atoms with van der Waals surface area (Å²) < 4.78 is 5.23. The lowest BCUT2D eigenvalue weighted by atomic mass is 9.75. The first-order valence-electron chi connectivity index (χ1n) is 6.81. The molecular formula is C16H16Br3NO. The molecule has 1 aliphatic carbocycles. The molecule has 0 fully saturated rings. The molecule has 1 aromatic carbocycles. The van der Waals surface area contributed by atoms with Crippen molar-refractivity contribution in [2.75, 3.05) is 0 Å². The quantitative estimate of drug-likeness (QED) is 0.554. The maximum atomic E-state index is 10.4. The van der Waals surface area contributed by atoms with Crippen molar-refractivity contribution in [1.29, 1.82) is 0 Å². The van der Waals surface area contributed by atoms with Gasteiger partial charge in [-0.3, -0.25) is 0 Å². The van der Waals surface area contributed by atoms with Crippen molar-refractivity contribution in [2.45, 2.75) is 32.8 Å². The van der Waals surface area contributed by atoms with E-state index in [0.717, 1.165) is 37.5 Å². The molecule has 1 unspecified atom stereocenters. The van der Waals surface area contributed by atoms with E-state index >= 15 is 0 Å². The zero-order valence-electron chi connectivity index (χ0n) is 11.8. The standard InChI is InChI=1S/C16H16Br3NO/c1-16(2)7-13-10(14(21)8-16)3-4-20(13)15-11(18)5-9(17)6-12(15)19/h3-6,14,21H,7-8H2,1-2H3. The van der Waals surface area contributed by atoms with Crippen molar-refractivity contribution in [3.63, 3.8) is 0 Å². The molecule has 0 saturated heterocycles. The van der Waals surface area contributed by atoms with Crippen molar-refractivity contribution < 1.29 is 5.11 Å². The molecule has 1 N–H and O–H groups in total. The van der Waals surface area contributed by atoms with E-state index in [1.807, 2.05) is 24.4 Å². The fourth-order valence-corrected chi connectivity index (χ4v) is 5.74. The number of benzene rings is 1. The number of aromatic nitrogens is 1. The minimum absolute atomic E-state index is 0.108. The van der Waals surface area contributed by atoms with Crippen LogP contribution in [-0.4, -0.2) is 9.67 Å². The van der Waals surface area contributed by atoms with Crippen LogP contribution in [0.25, 0.3) is 5.69 Å². The lowest BCUT2D eigenvalue weighted by Gasteiger charge is -2.34. The van der Waals surface area contributed by atoms with Crippen LogP contribution in [0.4, 0.5) is 0 Å². The van der Waals surface area contributed by atoms with Gasteiger partial charge in [-0.05, 0) is 68.3 Å². The minimum atomic E-state index is -0.377. The smallest absolute Gasteiger partial charge is 0.0812 e. The monoisotopic (exact) mass is 475 g/mol. The zero-order valence-corrected chi connectivity index (χ0v) is 16.6. The van der Waals surface area contributed by atoms with Crippen LogP contribution in [0.3, 0.4) is 0 Å². The van der Waals surface area contributed by atoms with Gasteiger partial charge >= 0.3 is 0 Å². The van der Waals surface area contributed by atoms with Crippen LogP contribution in [0.5, 0.6) is 0 Å². The predicted molar refractivity (Wildman–Crippen MR) is 95.9 cm³/mol. The first kappa shape index (κ1) is 15.8. The molecule has 0 aliphatic heterocycles. The average Bonchev–Trinajstić information content (AvgIpc) is 2.70. The molecule has 0 radical (unpaired) electrons. The molecule has 0 saturated carbocycles.